The van der Waals surface area contributed by atoms with Crippen molar-refractivity contribution in [3.63, 3.8) is 0 Å². The third kappa shape index (κ3) is 5.57. The van der Waals surface area contributed by atoms with Crippen LogP contribution in [0.2, 0.25) is 0 Å². The molecular weight excluding hydrogens is 422 g/mol. The van der Waals surface area contributed by atoms with Crippen LogP contribution in [-0.2, 0) is 25.5 Å². The van der Waals surface area contributed by atoms with Gasteiger partial charge in [0.05, 0.1) is 25.1 Å². The average Bonchev–Trinajstić information content (AvgIpc) is 3.11. The average molecular weight is 450 g/mol. The molecule has 3 rings (SSSR count). The molecular formula is C24H27N5O4. The van der Waals surface area contributed by atoms with Crippen LogP contribution in [0.4, 0.5) is 0 Å². The number of aromatic nitrogens is 1. The lowest BCUT2D eigenvalue weighted by molar-refractivity contribution is -0.153. The van der Waals surface area contributed by atoms with E-state index in [9.17, 15) is 9.59 Å². The van der Waals surface area contributed by atoms with E-state index in [0.717, 1.165) is 16.5 Å². The first-order valence-corrected chi connectivity index (χ1v) is 10.5. The summed E-state index contributed by atoms with van der Waals surface area (Å²) < 4.78 is 10.3. The molecule has 7 N–H and O–H groups in total. The Labute approximate surface area is 191 Å². The topological polar surface area (TPSA) is 168 Å². The fourth-order valence-corrected chi connectivity index (χ4v) is 3.58. The smallest absolute Gasteiger partial charge is 0.310 e. The molecule has 0 aliphatic heterocycles. The van der Waals surface area contributed by atoms with Gasteiger partial charge in [0.1, 0.15) is 17.8 Å². The molecule has 2 aromatic carbocycles. The summed E-state index contributed by atoms with van der Waals surface area (Å²) >= 11 is 0. The van der Waals surface area contributed by atoms with Gasteiger partial charge in [0.2, 0.25) is 0 Å². The third-order valence-corrected chi connectivity index (χ3v) is 5.11. The molecule has 0 aliphatic rings. The van der Waals surface area contributed by atoms with Crippen molar-refractivity contribution in [2.45, 2.75) is 32.8 Å². The van der Waals surface area contributed by atoms with Crippen LogP contribution < -0.4 is 11.5 Å². The van der Waals surface area contributed by atoms with Gasteiger partial charge in [-0.05, 0) is 31.0 Å². The van der Waals surface area contributed by atoms with E-state index in [1.165, 1.54) is 0 Å². The number of hydrogen-bond donors (Lipinski definition) is 5. The number of nitrogen functional groups attached to an aromatic ring is 2. The highest BCUT2D eigenvalue weighted by Gasteiger charge is 2.20. The molecule has 0 saturated heterocycles. The van der Waals surface area contributed by atoms with Crippen LogP contribution in [-0.4, -0.2) is 41.3 Å². The number of carbonyl (C=O) groups is 2. The van der Waals surface area contributed by atoms with Gasteiger partial charge in [-0.25, -0.2) is 0 Å². The Morgan fingerprint density at radius 3 is 2.24 bits per heavy atom. The number of fused-ring (bicyclic) bond motifs is 1. The third-order valence-electron chi connectivity index (χ3n) is 5.11. The van der Waals surface area contributed by atoms with E-state index in [-0.39, 0.29) is 31.1 Å². The highest BCUT2D eigenvalue weighted by atomic mass is 16.6. The Morgan fingerprint density at radius 1 is 1.00 bits per heavy atom. The summed E-state index contributed by atoms with van der Waals surface area (Å²) in [6, 6.07) is 12.4. The minimum atomic E-state index is -0.621. The fraction of sp³-hybridized carbons (Fsp3) is 0.250. The highest BCUT2D eigenvalue weighted by molar-refractivity contribution is 6.01. The Morgan fingerprint density at radius 2 is 1.64 bits per heavy atom. The zero-order valence-corrected chi connectivity index (χ0v) is 18.5. The van der Waals surface area contributed by atoms with Gasteiger partial charge in [0.15, 0.2) is 0 Å². The maximum absolute atomic E-state index is 12.7. The van der Waals surface area contributed by atoms with E-state index in [1.807, 2.05) is 12.1 Å². The Kier molecular flexibility index (Phi) is 7.12. The van der Waals surface area contributed by atoms with Gasteiger partial charge in [-0.2, -0.15) is 0 Å². The summed E-state index contributed by atoms with van der Waals surface area (Å²) in [5.74, 6) is -1.01. The molecule has 33 heavy (non-hydrogen) atoms. The number of nitrogens with one attached hydrogen (secondary N) is 3. The number of aromatic amines is 1. The van der Waals surface area contributed by atoms with Gasteiger partial charge in [-0.3, -0.25) is 20.4 Å². The van der Waals surface area contributed by atoms with Crippen LogP contribution in [0, 0.1) is 10.8 Å². The molecule has 1 unspecified atom stereocenters. The largest absolute Gasteiger partial charge is 0.466 e. The summed E-state index contributed by atoms with van der Waals surface area (Å²) in [5, 5.41) is 16.1. The van der Waals surface area contributed by atoms with Crippen LogP contribution in [0.5, 0.6) is 0 Å². The zero-order valence-electron chi connectivity index (χ0n) is 18.5. The highest BCUT2D eigenvalue weighted by Crippen LogP contribution is 2.32. The number of esters is 2. The van der Waals surface area contributed by atoms with Crippen molar-refractivity contribution in [1.29, 1.82) is 10.8 Å². The molecule has 0 saturated carbocycles. The fourth-order valence-electron chi connectivity index (χ4n) is 3.58. The molecule has 9 nitrogen and oxygen atoms in total. The van der Waals surface area contributed by atoms with E-state index in [4.69, 9.17) is 31.8 Å². The van der Waals surface area contributed by atoms with E-state index >= 15 is 0 Å². The predicted octanol–water partition coefficient (Wildman–Crippen LogP) is 2.83. The van der Waals surface area contributed by atoms with Crippen LogP contribution in [0.25, 0.3) is 22.2 Å². The van der Waals surface area contributed by atoms with Crippen molar-refractivity contribution in [3.8, 4) is 11.3 Å². The number of nitrogens with two attached hydrogens (primary N) is 2. The molecule has 0 amide bonds. The first-order chi connectivity index (χ1) is 15.7. The molecule has 9 heteroatoms. The van der Waals surface area contributed by atoms with Gasteiger partial charge >= 0.3 is 11.9 Å². The number of amidine groups is 2. The Balaban J connectivity index is 1.95. The molecule has 0 fully saturated rings. The van der Waals surface area contributed by atoms with Crippen LogP contribution in [0.1, 0.15) is 37.0 Å². The lowest BCUT2D eigenvalue weighted by Gasteiger charge is -2.13. The lowest BCUT2D eigenvalue weighted by atomic mass is 10.0. The van der Waals surface area contributed by atoms with Gasteiger partial charge in [-0.1, -0.05) is 36.4 Å². The van der Waals surface area contributed by atoms with Crippen molar-refractivity contribution in [1.82, 2.24) is 4.98 Å². The zero-order chi connectivity index (χ0) is 24.1. The predicted molar refractivity (Wildman–Crippen MR) is 126 cm³/mol. The minimum Gasteiger partial charge on any atom is -0.466 e. The molecule has 0 bridgehead atoms. The van der Waals surface area contributed by atoms with E-state index < -0.39 is 18.0 Å². The standard InChI is InChI=1S/C24H27N5O4/c1-3-32-20(30)10-13(2)33-21(31)12-18-17-9-8-16(24(27)28)11-19(17)29-22(18)14-4-6-15(7-5-14)23(25)26/h4-9,11,13,29H,3,10,12H2,1-2H3,(H3,25,26)(H3,27,28). The molecule has 0 radical (unpaired) electrons. The van der Waals surface area contributed by atoms with Crippen molar-refractivity contribution in [3.05, 3.63) is 59.2 Å². The molecule has 1 aromatic heterocycles. The normalized spacial score (nSPS) is 11.7. The molecule has 1 heterocycles. The van der Waals surface area contributed by atoms with Gasteiger partial charge in [0.25, 0.3) is 0 Å². The Bertz CT molecular complexity index is 1210. The maximum atomic E-state index is 12.7. The second-order valence-electron chi connectivity index (χ2n) is 7.63. The number of H-pyrrole nitrogens is 1. The summed E-state index contributed by atoms with van der Waals surface area (Å²) in [4.78, 5) is 27.7. The summed E-state index contributed by atoms with van der Waals surface area (Å²) in [6.45, 7) is 3.63. The van der Waals surface area contributed by atoms with Gasteiger partial charge in [-0.15, -0.1) is 0 Å². The van der Waals surface area contributed by atoms with Crippen molar-refractivity contribution in [2.75, 3.05) is 6.61 Å². The number of hydrogen-bond acceptors (Lipinski definition) is 6. The van der Waals surface area contributed by atoms with E-state index in [0.29, 0.717) is 22.4 Å². The molecule has 0 spiro atoms. The number of ether oxygens (including phenoxy) is 2. The lowest BCUT2D eigenvalue weighted by Crippen LogP contribution is -2.21. The summed E-state index contributed by atoms with van der Waals surface area (Å²) in [7, 11) is 0. The first-order valence-electron chi connectivity index (χ1n) is 10.5. The van der Waals surface area contributed by atoms with Crippen LogP contribution in [0.15, 0.2) is 42.5 Å². The maximum Gasteiger partial charge on any atom is 0.310 e. The molecule has 172 valence electrons. The molecule has 0 aliphatic carbocycles. The van der Waals surface area contributed by atoms with E-state index in [1.54, 1.807) is 44.2 Å². The number of benzene rings is 2. The summed E-state index contributed by atoms with van der Waals surface area (Å²) in [6.07, 6.45) is -0.671. The summed E-state index contributed by atoms with van der Waals surface area (Å²) in [5.41, 5.74) is 15.3. The minimum absolute atomic E-state index is 0.0190. The second-order valence-corrected chi connectivity index (χ2v) is 7.63. The number of carbonyl (C=O) groups excluding carboxylic acids is 2. The van der Waals surface area contributed by atoms with Crippen LogP contribution >= 0.6 is 0 Å². The van der Waals surface area contributed by atoms with Gasteiger partial charge in [0, 0.05) is 22.0 Å². The quantitative estimate of drug-likeness (QED) is 0.191. The monoisotopic (exact) mass is 449 g/mol. The molecule has 3 aromatic rings. The van der Waals surface area contributed by atoms with Gasteiger partial charge < -0.3 is 25.9 Å². The Hall–Kier alpha value is -4.14. The number of rotatable bonds is 9. The SMILES string of the molecule is CCOC(=O)CC(C)OC(=O)Cc1c(-c2ccc(C(=N)N)cc2)[nH]c2cc(C(=N)N)ccc12. The van der Waals surface area contributed by atoms with Crippen molar-refractivity contribution < 1.29 is 19.1 Å². The van der Waals surface area contributed by atoms with Crippen LogP contribution in [0.3, 0.4) is 0 Å². The van der Waals surface area contributed by atoms with E-state index in [2.05, 4.69) is 4.98 Å². The first kappa shape index (κ1) is 23.5. The second kappa shape index (κ2) is 9.99. The van der Waals surface area contributed by atoms with Crippen molar-refractivity contribution in [2.24, 2.45) is 11.5 Å². The van der Waals surface area contributed by atoms with Crippen molar-refractivity contribution >= 4 is 34.5 Å². The molecule has 1 atom stereocenters.